The van der Waals surface area contributed by atoms with E-state index in [2.05, 4.69) is 41.5 Å². The van der Waals surface area contributed by atoms with Crippen LogP contribution in [0.5, 0.6) is 0 Å². The standard InChI is InChI=1S/C14H25N5O/c1-8-11(16-7-10(20)9-5-6-9)17-13(14(2,3)4)18-12(8)19-15/h9-10,20H,5-7,15H2,1-4H3,(H2,16,17,18,19). The zero-order valence-corrected chi connectivity index (χ0v) is 12.7. The first-order valence-electron chi connectivity index (χ1n) is 7.10. The zero-order valence-electron chi connectivity index (χ0n) is 12.7. The second kappa shape index (κ2) is 5.54. The summed E-state index contributed by atoms with van der Waals surface area (Å²) in [5.74, 6) is 8.05. The van der Waals surface area contributed by atoms with Gasteiger partial charge in [-0.15, -0.1) is 0 Å². The van der Waals surface area contributed by atoms with E-state index in [4.69, 9.17) is 5.84 Å². The minimum atomic E-state index is -0.309. The van der Waals surface area contributed by atoms with Crippen molar-refractivity contribution in [1.29, 1.82) is 0 Å². The van der Waals surface area contributed by atoms with Crippen molar-refractivity contribution in [2.24, 2.45) is 11.8 Å². The second-order valence-corrected chi connectivity index (χ2v) is 6.55. The maximum Gasteiger partial charge on any atom is 0.148 e. The second-order valence-electron chi connectivity index (χ2n) is 6.55. The number of nitrogens with two attached hydrogens (primary N) is 1. The normalized spacial score (nSPS) is 16.9. The molecule has 0 aromatic carbocycles. The molecule has 112 valence electrons. The Bertz CT molecular complexity index is 479. The van der Waals surface area contributed by atoms with Gasteiger partial charge < -0.3 is 15.8 Å². The van der Waals surface area contributed by atoms with Crippen LogP contribution in [0.2, 0.25) is 0 Å². The van der Waals surface area contributed by atoms with Gasteiger partial charge in [-0.05, 0) is 25.7 Å². The third kappa shape index (κ3) is 3.37. The first-order chi connectivity index (χ1) is 9.32. The molecule has 0 saturated heterocycles. The van der Waals surface area contributed by atoms with Gasteiger partial charge in [-0.1, -0.05) is 20.8 Å². The van der Waals surface area contributed by atoms with E-state index in [0.717, 1.165) is 30.0 Å². The topological polar surface area (TPSA) is 96.1 Å². The molecule has 6 nitrogen and oxygen atoms in total. The number of nitrogen functional groups attached to an aromatic ring is 1. The van der Waals surface area contributed by atoms with Crippen molar-refractivity contribution in [2.75, 3.05) is 17.3 Å². The number of nitrogens with one attached hydrogen (secondary N) is 2. The van der Waals surface area contributed by atoms with Crippen LogP contribution in [-0.4, -0.2) is 27.7 Å². The SMILES string of the molecule is Cc1c(NN)nc(C(C)(C)C)nc1NCC(O)C1CC1. The summed E-state index contributed by atoms with van der Waals surface area (Å²) in [6.07, 6.45) is 1.93. The van der Waals surface area contributed by atoms with Gasteiger partial charge in [0, 0.05) is 17.5 Å². The molecule has 20 heavy (non-hydrogen) atoms. The van der Waals surface area contributed by atoms with E-state index in [1.807, 2.05) is 6.92 Å². The number of rotatable bonds is 5. The summed E-state index contributed by atoms with van der Waals surface area (Å²) >= 11 is 0. The molecule has 1 atom stereocenters. The van der Waals surface area contributed by atoms with Gasteiger partial charge in [0.25, 0.3) is 0 Å². The smallest absolute Gasteiger partial charge is 0.148 e. The summed E-state index contributed by atoms with van der Waals surface area (Å²) in [5, 5.41) is 13.2. The highest BCUT2D eigenvalue weighted by molar-refractivity contribution is 5.57. The number of aliphatic hydroxyl groups excluding tert-OH is 1. The van der Waals surface area contributed by atoms with E-state index in [-0.39, 0.29) is 11.5 Å². The molecule has 0 amide bonds. The van der Waals surface area contributed by atoms with Gasteiger partial charge in [0.05, 0.1) is 6.10 Å². The predicted octanol–water partition coefficient (Wildman–Crippen LogP) is 1.55. The summed E-state index contributed by atoms with van der Waals surface area (Å²) in [6.45, 7) is 8.59. The van der Waals surface area contributed by atoms with Crippen LogP contribution in [0.4, 0.5) is 11.6 Å². The summed E-state index contributed by atoms with van der Waals surface area (Å²) in [6, 6.07) is 0. The lowest BCUT2D eigenvalue weighted by atomic mass is 9.95. The number of aliphatic hydroxyl groups is 1. The molecular formula is C14H25N5O. The van der Waals surface area contributed by atoms with E-state index in [0.29, 0.717) is 18.3 Å². The van der Waals surface area contributed by atoms with Crippen molar-refractivity contribution < 1.29 is 5.11 Å². The van der Waals surface area contributed by atoms with Gasteiger partial charge in [0.2, 0.25) is 0 Å². The van der Waals surface area contributed by atoms with Crippen LogP contribution in [-0.2, 0) is 5.41 Å². The molecule has 5 N–H and O–H groups in total. The van der Waals surface area contributed by atoms with Crippen LogP contribution in [0.3, 0.4) is 0 Å². The van der Waals surface area contributed by atoms with Gasteiger partial charge in [0.1, 0.15) is 17.5 Å². The summed E-state index contributed by atoms with van der Waals surface area (Å²) in [5.41, 5.74) is 3.32. The number of hydrazine groups is 1. The highest BCUT2D eigenvalue weighted by Crippen LogP contribution is 2.33. The molecule has 0 spiro atoms. The molecule has 0 bridgehead atoms. The van der Waals surface area contributed by atoms with Crippen LogP contribution in [0.1, 0.15) is 45.0 Å². The third-order valence-corrected chi connectivity index (χ3v) is 3.60. The number of hydrogen-bond donors (Lipinski definition) is 4. The van der Waals surface area contributed by atoms with E-state index in [1.54, 1.807) is 0 Å². The van der Waals surface area contributed by atoms with E-state index >= 15 is 0 Å². The lowest BCUT2D eigenvalue weighted by molar-refractivity contribution is 0.164. The van der Waals surface area contributed by atoms with Gasteiger partial charge in [-0.3, -0.25) is 0 Å². The Hall–Kier alpha value is -1.40. The van der Waals surface area contributed by atoms with Gasteiger partial charge in [-0.2, -0.15) is 0 Å². The van der Waals surface area contributed by atoms with Gasteiger partial charge in [-0.25, -0.2) is 15.8 Å². The minimum Gasteiger partial charge on any atom is -0.391 e. The molecule has 2 rings (SSSR count). The number of nitrogens with zero attached hydrogens (tertiary/aromatic N) is 2. The summed E-state index contributed by atoms with van der Waals surface area (Å²) in [7, 11) is 0. The van der Waals surface area contributed by atoms with E-state index < -0.39 is 0 Å². The molecule has 1 aliphatic carbocycles. The van der Waals surface area contributed by atoms with Crippen molar-refractivity contribution in [2.45, 2.75) is 52.1 Å². The molecular weight excluding hydrogens is 254 g/mol. The molecule has 1 aliphatic rings. The van der Waals surface area contributed by atoms with Crippen LogP contribution in [0.25, 0.3) is 0 Å². The molecule has 1 unspecified atom stereocenters. The van der Waals surface area contributed by atoms with Crippen molar-refractivity contribution in [3.8, 4) is 0 Å². The number of anilines is 2. The average molecular weight is 279 g/mol. The quantitative estimate of drug-likeness (QED) is 0.482. The van der Waals surface area contributed by atoms with Gasteiger partial charge >= 0.3 is 0 Å². The van der Waals surface area contributed by atoms with E-state index in [1.165, 1.54) is 0 Å². The molecule has 1 aromatic heterocycles. The Morgan fingerprint density at radius 2 is 1.90 bits per heavy atom. The fraction of sp³-hybridized carbons (Fsp3) is 0.714. The maximum absolute atomic E-state index is 9.95. The monoisotopic (exact) mass is 279 g/mol. The first kappa shape index (κ1) is 15.0. The zero-order chi connectivity index (χ0) is 14.9. The lowest BCUT2D eigenvalue weighted by Gasteiger charge is -2.21. The Labute approximate surface area is 120 Å². The summed E-state index contributed by atoms with van der Waals surface area (Å²) < 4.78 is 0. The Morgan fingerprint density at radius 3 is 2.40 bits per heavy atom. The predicted molar refractivity (Wildman–Crippen MR) is 80.5 cm³/mol. The Kier molecular flexibility index (Phi) is 4.15. The van der Waals surface area contributed by atoms with Crippen molar-refractivity contribution in [3.63, 3.8) is 0 Å². The molecule has 1 fully saturated rings. The number of hydrogen-bond acceptors (Lipinski definition) is 6. The van der Waals surface area contributed by atoms with Crippen LogP contribution < -0.4 is 16.6 Å². The molecule has 1 heterocycles. The van der Waals surface area contributed by atoms with Crippen LogP contribution in [0.15, 0.2) is 0 Å². The fourth-order valence-corrected chi connectivity index (χ4v) is 2.01. The molecule has 1 aromatic rings. The fourth-order valence-electron chi connectivity index (χ4n) is 2.01. The molecule has 1 saturated carbocycles. The van der Waals surface area contributed by atoms with Crippen LogP contribution in [0, 0.1) is 12.8 Å². The third-order valence-electron chi connectivity index (χ3n) is 3.60. The van der Waals surface area contributed by atoms with E-state index in [9.17, 15) is 5.11 Å². The van der Waals surface area contributed by atoms with Gasteiger partial charge in [0.15, 0.2) is 0 Å². The van der Waals surface area contributed by atoms with Crippen molar-refractivity contribution in [3.05, 3.63) is 11.4 Å². The first-order valence-corrected chi connectivity index (χ1v) is 7.10. The largest absolute Gasteiger partial charge is 0.391 e. The van der Waals surface area contributed by atoms with Crippen LogP contribution >= 0.6 is 0 Å². The molecule has 0 aliphatic heterocycles. The molecule has 0 radical (unpaired) electrons. The highest BCUT2D eigenvalue weighted by atomic mass is 16.3. The highest BCUT2D eigenvalue weighted by Gasteiger charge is 2.29. The Morgan fingerprint density at radius 1 is 1.30 bits per heavy atom. The summed E-state index contributed by atoms with van der Waals surface area (Å²) in [4.78, 5) is 9.02. The minimum absolute atomic E-state index is 0.162. The van der Waals surface area contributed by atoms with Crippen molar-refractivity contribution >= 4 is 11.6 Å². The lowest BCUT2D eigenvalue weighted by Crippen LogP contribution is -2.25. The average Bonchev–Trinajstić information content (AvgIpc) is 3.20. The number of aromatic nitrogens is 2. The molecule has 6 heteroatoms. The van der Waals surface area contributed by atoms with Crippen molar-refractivity contribution in [1.82, 2.24) is 9.97 Å². The maximum atomic E-state index is 9.95. The Balaban J connectivity index is 2.20.